The highest BCUT2D eigenvalue weighted by atomic mass is 16.1. The molecule has 8 heteroatoms. The van der Waals surface area contributed by atoms with Gasteiger partial charge in [0.05, 0.1) is 12.0 Å². The molecule has 0 amide bonds. The normalized spacial score (nSPS) is 16.6. The number of hydrogen-bond acceptors (Lipinski definition) is 6. The zero-order valence-electron chi connectivity index (χ0n) is 14.5. The van der Waals surface area contributed by atoms with E-state index in [-0.39, 0.29) is 5.56 Å². The van der Waals surface area contributed by atoms with Gasteiger partial charge in [-0.15, -0.1) is 10.2 Å². The summed E-state index contributed by atoms with van der Waals surface area (Å²) in [7, 11) is 1.73. The van der Waals surface area contributed by atoms with Crippen LogP contribution in [0.5, 0.6) is 0 Å². The van der Waals surface area contributed by atoms with Crippen molar-refractivity contribution in [1.29, 1.82) is 0 Å². The van der Waals surface area contributed by atoms with Crippen LogP contribution in [0, 0.1) is 6.92 Å². The molecule has 0 atom stereocenters. The maximum absolute atomic E-state index is 12.1. The van der Waals surface area contributed by atoms with Crippen LogP contribution < -0.4 is 5.56 Å². The average molecular weight is 339 g/mol. The summed E-state index contributed by atoms with van der Waals surface area (Å²) < 4.78 is 3.39. The maximum Gasteiger partial charge on any atom is 0.257 e. The van der Waals surface area contributed by atoms with E-state index in [9.17, 15) is 4.79 Å². The average Bonchev–Trinajstić information content (AvgIpc) is 3.03. The first-order valence-corrected chi connectivity index (χ1v) is 8.52. The zero-order chi connectivity index (χ0) is 17.4. The number of likely N-dealkylation sites (tertiary alicyclic amines) is 1. The highest BCUT2D eigenvalue weighted by molar-refractivity contribution is 5.36. The minimum absolute atomic E-state index is 0.0280. The van der Waals surface area contributed by atoms with Crippen LogP contribution in [-0.4, -0.2) is 47.4 Å². The van der Waals surface area contributed by atoms with Crippen LogP contribution in [0.25, 0.3) is 5.65 Å². The molecule has 3 aromatic rings. The summed E-state index contributed by atoms with van der Waals surface area (Å²) in [6.07, 6.45) is 5.19. The van der Waals surface area contributed by atoms with Crippen LogP contribution in [-0.2, 0) is 13.6 Å². The van der Waals surface area contributed by atoms with Crippen molar-refractivity contribution in [2.75, 3.05) is 13.1 Å². The topological polar surface area (TPSA) is 81.2 Å². The molecule has 1 fully saturated rings. The highest BCUT2D eigenvalue weighted by Crippen LogP contribution is 2.27. The molecule has 4 heterocycles. The van der Waals surface area contributed by atoms with Gasteiger partial charge in [-0.1, -0.05) is 0 Å². The van der Waals surface area contributed by atoms with Gasteiger partial charge in [-0.25, -0.2) is 4.98 Å². The van der Waals surface area contributed by atoms with E-state index in [1.165, 1.54) is 4.57 Å². The Morgan fingerprint density at radius 2 is 2.00 bits per heavy atom. The Morgan fingerprint density at radius 1 is 1.20 bits per heavy atom. The van der Waals surface area contributed by atoms with Crippen molar-refractivity contribution < 1.29 is 0 Å². The largest absolute Gasteiger partial charge is 0.302 e. The zero-order valence-corrected chi connectivity index (χ0v) is 14.5. The molecular weight excluding hydrogens is 318 g/mol. The van der Waals surface area contributed by atoms with Gasteiger partial charge in [0.2, 0.25) is 0 Å². The van der Waals surface area contributed by atoms with Gasteiger partial charge < -0.3 is 4.57 Å². The van der Waals surface area contributed by atoms with Gasteiger partial charge in [-0.05, 0) is 45.0 Å². The van der Waals surface area contributed by atoms with Gasteiger partial charge in [0.25, 0.3) is 5.56 Å². The molecular formula is C17H21N7O. The molecule has 0 N–H and O–H groups in total. The number of aromatic nitrogens is 6. The van der Waals surface area contributed by atoms with E-state index >= 15 is 0 Å². The number of hydrogen-bond donors (Lipinski definition) is 0. The van der Waals surface area contributed by atoms with Crippen molar-refractivity contribution in [3.8, 4) is 0 Å². The predicted molar refractivity (Wildman–Crippen MR) is 92.2 cm³/mol. The summed E-state index contributed by atoms with van der Waals surface area (Å²) in [6, 6.07) is 3.90. The first-order chi connectivity index (χ1) is 12.1. The van der Waals surface area contributed by atoms with E-state index in [4.69, 9.17) is 0 Å². The summed E-state index contributed by atoms with van der Waals surface area (Å²) in [6.45, 7) is 4.46. The molecule has 0 aliphatic carbocycles. The van der Waals surface area contributed by atoms with Gasteiger partial charge in [0.15, 0.2) is 11.5 Å². The Hall–Kier alpha value is -2.61. The Kier molecular flexibility index (Phi) is 4.04. The minimum Gasteiger partial charge on any atom is -0.302 e. The van der Waals surface area contributed by atoms with E-state index in [1.807, 2.05) is 23.6 Å². The predicted octanol–water partition coefficient (Wildman–Crippen LogP) is 0.906. The molecule has 1 aliphatic heterocycles. The van der Waals surface area contributed by atoms with E-state index in [0.717, 1.165) is 48.7 Å². The third-order valence-electron chi connectivity index (χ3n) is 4.83. The van der Waals surface area contributed by atoms with Gasteiger partial charge in [-0.3, -0.25) is 9.69 Å². The number of nitrogens with zero attached hydrogens (tertiary/aromatic N) is 7. The SMILES string of the molecule is Cc1ccc2nnc(C3CCN(Cc4cncn(C)c4=O)CC3)n2n1. The fourth-order valence-corrected chi connectivity index (χ4v) is 3.41. The van der Waals surface area contributed by atoms with E-state index in [1.54, 1.807) is 19.6 Å². The lowest BCUT2D eigenvalue weighted by molar-refractivity contribution is 0.199. The van der Waals surface area contributed by atoms with Crippen LogP contribution in [0.4, 0.5) is 0 Å². The van der Waals surface area contributed by atoms with E-state index < -0.39 is 0 Å². The molecule has 0 saturated carbocycles. The van der Waals surface area contributed by atoms with Crippen LogP contribution >= 0.6 is 0 Å². The van der Waals surface area contributed by atoms with Gasteiger partial charge >= 0.3 is 0 Å². The fourth-order valence-electron chi connectivity index (χ4n) is 3.41. The van der Waals surface area contributed by atoms with E-state index in [0.29, 0.717) is 12.5 Å². The van der Waals surface area contributed by atoms with Crippen LogP contribution in [0.1, 0.15) is 35.8 Å². The lowest BCUT2D eigenvalue weighted by Gasteiger charge is -2.30. The van der Waals surface area contributed by atoms with Crippen molar-refractivity contribution >= 4 is 5.65 Å². The second-order valence-corrected chi connectivity index (χ2v) is 6.69. The van der Waals surface area contributed by atoms with Crippen molar-refractivity contribution in [2.24, 2.45) is 7.05 Å². The second-order valence-electron chi connectivity index (χ2n) is 6.69. The Labute approximate surface area is 145 Å². The van der Waals surface area contributed by atoms with Gasteiger partial charge in [0, 0.05) is 31.3 Å². The van der Waals surface area contributed by atoms with Crippen molar-refractivity contribution in [2.45, 2.75) is 32.2 Å². The van der Waals surface area contributed by atoms with Gasteiger partial charge in [0.1, 0.15) is 0 Å². The number of fused-ring (bicyclic) bond motifs is 1. The quantitative estimate of drug-likeness (QED) is 0.705. The first-order valence-electron chi connectivity index (χ1n) is 8.52. The van der Waals surface area contributed by atoms with Crippen LogP contribution in [0.2, 0.25) is 0 Å². The van der Waals surface area contributed by atoms with E-state index in [2.05, 4.69) is 25.2 Å². The maximum atomic E-state index is 12.1. The summed E-state index contributed by atoms with van der Waals surface area (Å²) in [5, 5.41) is 13.1. The number of aryl methyl sites for hydroxylation is 2. The number of rotatable bonds is 3. The molecule has 25 heavy (non-hydrogen) atoms. The van der Waals surface area contributed by atoms with Crippen molar-refractivity contribution in [1.82, 2.24) is 34.3 Å². The molecule has 0 bridgehead atoms. The summed E-state index contributed by atoms with van der Waals surface area (Å²) in [5.74, 6) is 1.29. The van der Waals surface area contributed by atoms with Gasteiger partial charge in [-0.2, -0.15) is 9.61 Å². The van der Waals surface area contributed by atoms with Crippen molar-refractivity contribution in [3.63, 3.8) is 0 Å². The molecule has 1 saturated heterocycles. The fraction of sp³-hybridized carbons (Fsp3) is 0.471. The summed E-state index contributed by atoms with van der Waals surface area (Å²) >= 11 is 0. The molecule has 130 valence electrons. The Balaban J connectivity index is 1.47. The standard InChI is InChI=1S/C17H21N7O/c1-12-3-4-15-19-20-16(24(15)21-12)13-5-7-23(8-6-13)10-14-9-18-11-22(2)17(14)25/h3-4,9,11,13H,5-8,10H2,1-2H3. The van der Waals surface area contributed by atoms with Crippen LogP contribution in [0.15, 0.2) is 29.5 Å². The molecule has 8 nitrogen and oxygen atoms in total. The smallest absolute Gasteiger partial charge is 0.257 e. The summed E-state index contributed by atoms with van der Waals surface area (Å²) in [5.41, 5.74) is 2.52. The second kappa shape index (κ2) is 6.36. The monoisotopic (exact) mass is 339 g/mol. The minimum atomic E-state index is 0.0280. The Bertz CT molecular complexity index is 953. The molecule has 4 rings (SSSR count). The molecule has 0 unspecified atom stereocenters. The molecule has 0 radical (unpaired) electrons. The highest BCUT2D eigenvalue weighted by Gasteiger charge is 2.25. The van der Waals surface area contributed by atoms with Crippen molar-refractivity contribution in [3.05, 3.63) is 52.1 Å². The summed E-state index contributed by atoms with van der Waals surface area (Å²) in [4.78, 5) is 18.6. The van der Waals surface area contributed by atoms with Crippen LogP contribution in [0.3, 0.4) is 0 Å². The molecule has 3 aromatic heterocycles. The number of piperidine rings is 1. The lowest BCUT2D eigenvalue weighted by atomic mass is 9.96. The first kappa shape index (κ1) is 15.9. The third-order valence-corrected chi connectivity index (χ3v) is 4.83. The lowest BCUT2D eigenvalue weighted by Crippen LogP contribution is -2.35. The third kappa shape index (κ3) is 3.05. The Morgan fingerprint density at radius 3 is 2.80 bits per heavy atom. The molecule has 1 aliphatic rings. The molecule has 0 spiro atoms. The molecule has 0 aromatic carbocycles.